The van der Waals surface area contributed by atoms with Crippen LogP contribution in [0.5, 0.6) is 0 Å². The van der Waals surface area contributed by atoms with Crippen LogP contribution in [0.3, 0.4) is 0 Å². The van der Waals surface area contributed by atoms with Crippen LogP contribution in [-0.2, 0) is 4.79 Å². The quantitative estimate of drug-likeness (QED) is 0.778. The van der Waals surface area contributed by atoms with Crippen LogP contribution in [0.15, 0.2) is 22.4 Å². The highest BCUT2D eigenvalue weighted by atomic mass is 32.1. The molecule has 1 aliphatic rings. The second-order valence-corrected chi connectivity index (χ2v) is 6.70. The van der Waals surface area contributed by atoms with E-state index in [1.165, 1.54) is 0 Å². The summed E-state index contributed by atoms with van der Waals surface area (Å²) in [7, 11) is 0. The minimum Gasteiger partial charge on any atom is -0.355 e. The maximum Gasteiger partial charge on any atom is 0.230 e. The molecule has 8 nitrogen and oxygen atoms in total. The van der Waals surface area contributed by atoms with Gasteiger partial charge in [0.15, 0.2) is 5.82 Å². The summed E-state index contributed by atoms with van der Waals surface area (Å²) in [5.74, 6) is 1.10. The molecule has 1 fully saturated rings. The fourth-order valence-corrected chi connectivity index (χ4v) is 3.70. The van der Waals surface area contributed by atoms with E-state index in [4.69, 9.17) is 0 Å². The first-order valence-electron chi connectivity index (χ1n) is 7.75. The van der Waals surface area contributed by atoms with Crippen molar-refractivity contribution in [3.05, 3.63) is 23.5 Å². The number of fused-ring (bicyclic) bond motifs is 1. The van der Waals surface area contributed by atoms with Gasteiger partial charge in [0, 0.05) is 13.1 Å². The number of carbonyl (C=O) groups is 1. The van der Waals surface area contributed by atoms with Gasteiger partial charge in [-0.25, -0.2) is 14.6 Å². The van der Waals surface area contributed by atoms with Gasteiger partial charge in [0.05, 0.1) is 11.3 Å². The fourth-order valence-electron chi connectivity index (χ4n) is 2.98. The maximum absolute atomic E-state index is 12.5. The molecule has 4 rings (SSSR count). The molecule has 0 aromatic carbocycles. The van der Waals surface area contributed by atoms with Gasteiger partial charge in [0.25, 0.3) is 0 Å². The number of aromatic nitrogens is 4. The van der Waals surface area contributed by atoms with Crippen LogP contribution >= 0.6 is 11.3 Å². The Morgan fingerprint density at radius 2 is 2.33 bits per heavy atom. The molecule has 1 saturated heterocycles. The number of anilines is 2. The first kappa shape index (κ1) is 15.0. The van der Waals surface area contributed by atoms with Gasteiger partial charge in [-0.1, -0.05) is 5.16 Å². The lowest BCUT2D eigenvalue weighted by Gasteiger charge is -2.32. The number of nitrogens with zero attached hydrogens (tertiary/aromatic N) is 5. The molecule has 1 aliphatic heterocycles. The summed E-state index contributed by atoms with van der Waals surface area (Å²) in [6.07, 6.45) is 3.36. The molecule has 1 N–H and O–H groups in total. The zero-order valence-electron chi connectivity index (χ0n) is 13.1. The van der Waals surface area contributed by atoms with E-state index in [0.717, 1.165) is 35.4 Å². The first-order valence-corrected chi connectivity index (χ1v) is 8.63. The van der Waals surface area contributed by atoms with Crippen LogP contribution in [0.4, 0.5) is 11.6 Å². The molecule has 1 atom stereocenters. The number of hydrogen-bond acceptors (Lipinski definition) is 8. The third-order valence-corrected chi connectivity index (χ3v) is 5.05. The monoisotopic (exact) mass is 344 g/mol. The molecule has 0 radical (unpaired) electrons. The predicted octanol–water partition coefficient (Wildman–Crippen LogP) is 2.24. The van der Waals surface area contributed by atoms with E-state index < -0.39 is 0 Å². The molecule has 0 aliphatic carbocycles. The van der Waals surface area contributed by atoms with Crippen LogP contribution in [0.25, 0.3) is 10.2 Å². The fraction of sp³-hybridized carbons (Fsp3) is 0.400. The van der Waals surface area contributed by atoms with Crippen molar-refractivity contribution in [3.63, 3.8) is 0 Å². The largest absolute Gasteiger partial charge is 0.355 e. The van der Waals surface area contributed by atoms with Gasteiger partial charge in [0.2, 0.25) is 5.91 Å². The summed E-state index contributed by atoms with van der Waals surface area (Å²) in [5.41, 5.74) is 0.576. The second-order valence-electron chi connectivity index (χ2n) is 5.81. The highest BCUT2D eigenvalue weighted by Crippen LogP contribution is 2.30. The Kier molecular flexibility index (Phi) is 3.85. The van der Waals surface area contributed by atoms with E-state index in [1.54, 1.807) is 24.6 Å². The Balaban J connectivity index is 1.52. The van der Waals surface area contributed by atoms with Crippen LogP contribution < -0.4 is 10.2 Å². The summed E-state index contributed by atoms with van der Waals surface area (Å²) in [4.78, 5) is 24.4. The molecular weight excluding hydrogens is 328 g/mol. The normalized spacial score (nSPS) is 18.0. The number of thiophene rings is 1. The molecule has 3 aromatic rings. The van der Waals surface area contributed by atoms with Crippen molar-refractivity contribution in [1.82, 2.24) is 20.3 Å². The van der Waals surface area contributed by atoms with Gasteiger partial charge in [-0.15, -0.1) is 11.3 Å². The highest BCUT2D eigenvalue weighted by Gasteiger charge is 2.28. The molecule has 0 bridgehead atoms. The Bertz CT molecular complexity index is 876. The highest BCUT2D eigenvalue weighted by molar-refractivity contribution is 7.16. The minimum absolute atomic E-state index is 0.0610. The topological polar surface area (TPSA) is 97.0 Å². The molecule has 124 valence electrons. The first-order chi connectivity index (χ1) is 11.7. The number of amides is 1. The third kappa shape index (κ3) is 2.71. The van der Waals surface area contributed by atoms with Crippen molar-refractivity contribution in [1.29, 1.82) is 0 Å². The molecule has 3 aromatic heterocycles. The lowest BCUT2D eigenvalue weighted by atomic mass is 9.97. The van der Waals surface area contributed by atoms with Gasteiger partial charge in [-0.2, -0.15) is 0 Å². The summed E-state index contributed by atoms with van der Waals surface area (Å²) >= 11 is 1.59. The van der Waals surface area contributed by atoms with Crippen molar-refractivity contribution in [2.24, 2.45) is 5.92 Å². The van der Waals surface area contributed by atoms with Gasteiger partial charge in [0.1, 0.15) is 22.7 Å². The minimum atomic E-state index is -0.126. The van der Waals surface area contributed by atoms with Gasteiger partial charge in [-0.3, -0.25) is 4.79 Å². The van der Waals surface area contributed by atoms with E-state index in [-0.39, 0.29) is 11.8 Å². The summed E-state index contributed by atoms with van der Waals surface area (Å²) in [6.45, 7) is 3.25. The summed E-state index contributed by atoms with van der Waals surface area (Å²) in [5, 5.41) is 13.2. The number of carbonyl (C=O) groups excluding carboxylic acids is 1. The molecular formula is C15H16N6O2S. The Labute approximate surface area is 141 Å². The van der Waals surface area contributed by atoms with Crippen molar-refractivity contribution < 1.29 is 9.42 Å². The predicted molar refractivity (Wildman–Crippen MR) is 90.0 cm³/mol. The maximum atomic E-state index is 12.5. The third-order valence-electron chi connectivity index (χ3n) is 4.23. The lowest BCUT2D eigenvalue weighted by molar-refractivity contribution is -0.120. The second kappa shape index (κ2) is 6.16. The van der Waals surface area contributed by atoms with Crippen LogP contribution in [-0.4, -0.2) is 39.3 Å². The van der Waals surface area contributed by atoms with E-state index in [1.807, 2.05) is 11.4 Å². The number of nitrogens with one attached hydrogen (secondary N) is 1. The number of hydrogen-bond donors (Lipinski definition) is 1. The SMILES string of the molecule is Cc1nonc1NC(=O)[C@@H]1CCCN(c2ncnc3sccc23)C1. The van der Waals surface area contributed by atoms with Crippen LogP contribution in [0.2, 0.25) is 0 Å². The molecule has 1 amide bonds. The number of rotatable bonds is 3. The molecule has 0 spiro atoms. The number of piperidine rings is 1. The zero-order chi connectivity index (χ0) is 16.5. The van der Waals surface area contributed by atoms with E-state index in [2.05, 4.69) is 35.1 Å². The van der Waals surface area contributed by atoms with E-state index in [9.17, 15) is 4.79 Å². The van der Waals surface area contributed by atoms with Crippen molar-refractivity contribution in [2.75, 3.05) is 23.3 Å². The van der Waals surface area contributed by atoms with Crippen molar-refractivity contribution >= 4 is 39.1 Å². The molecule has 24 heavy (non-hydrogen) atoms. The molecule has 4 heterocycles. The van der Waals surface area contributed by atoms with Crippen LogP contribution in [0, 0.1) is 12.8 Å². The number of aryl methyl sites for hydroxylation is 1. The van der Waals surface area contributed by atoms with Crippen LogP contribution in [0.1, 0.15) is 18.5 Å². The molecule has 0 unspecified atom stereocenters. The smallest absolute Gasteiger partial charge is 0.230 e. The van der Waals surface area contributed by atoms with Crippen molar-refractivity contribution in [2.45, 2.75) is 19.8 Å². The molecule has 9 heteroatoms. The van der Waals surface area contributed by atoms with Crippen molar-refractivity contribution in [3.8, 4) is 0 Å². The lowest BCUT2D eigenvalue weighted by Crippen LogP contribution is -2.41. The van der Waals surface area contributed by atoms with E-state index in [0.29, 0.717) is 18.1 Å². The average molecular weight is 344 g/mol. The standard InChI is InChI=1S/C15H16N6O2S/c1-9-12(20-23-19-9)18-14(22)10-3-2-5-21(7-10)13-11-4-6-24-15(11)17-8-16-13/h4,6,8,10H,2-3,5,7H2,1H3,(H,18,20,22)/t10-/m1/s1. The Morgan fingerprint density at radius 3 is 3.17 bits per heavy atom. The summed E-state index contributed by atoms with van der Waals surface area (Å²) in [6, 6.07) is 2.03. The zero-order valence-corrected chi connectivity index (χ0v) is 13.9. The Hall–Kier alpha value is -2.55. The van der Waals surface area contributed by atoms with Gasteiger partial charge in [-0.05, 0) is 36.4 Å². The van der Waals surface area contributed by atoms with Gasteiger partial charge < -0.3 is 10.2 Å². The Morgan fingerprint density at radius 1 is 1.42 bits per heavy atom. The summed E-state index contributed by atoms with van der Waals surface area (Å²) < 4.78 is 4.62. The van der Waals surface area contributed by atoms with E-state index >= 15 is 0 Å². The van der Waals surface area contributed by atoms with Gasteiger partial charge >= 0.3 is 0 Å². The molecule has 0 saturated carbocycles. The average Bonchev–Trinajstić information content (AvgIpc) is 3.24.